The van der Waals surface area contributed by atoms with Crippen molar-refractivity contribution in [3.63, 3.8) is 0 Å². The lowest BCUT2D eigenvalue weighted by molar-refractivity contribution is -0.384. The third-order valence-corrected chi connectivity index (χ3v) is 1.78. The van der Waals surface area contributed by atoms with Gasteiger partial charge in [0.15, 0.2) is 5.75 Å². The maximum absolute atomic E-state index is 10.6. The van der Waals surface area contributed by atoms with E-state index in [0.29, 0.717) is 6.34 Å². The van der Waals surface area contributed by atoms with Crippen LogP contribution in [0.4, 0.5) is 11.4 Å². The smallest absolute Gasteiger partial charge is 0.352 e. The van der Waals surface area contributed by atoms with Gasteiger partial charge in [-0.25, -0.2) is 0 Å². The molecular formula is C10H8N4O5. The van der Waals surface area contributed by atoms with E-state index in [4.69, 9.17) is 4.74 Å². The number of benzene rings is 1. The molecule has 1 aromatic carbocycles. The Morgan fingerprint density at radius 3 is 2.74 bits per heavy atom. The van der Waals surface area contributed by atoms with Crippen molar-refractivity contribution in [2.75, 3.05) is 5.43 Å². The quantitative estimate of drug-likeness (QED) is 0.283. The van der Waals surface area contributed by atoms with Crippen LogP contribution in [0, 0.1) is 32.3 Å². The van der Waals surface area contributed by atoms with Crippen LogP contribution in [0.15, 0.2) is 23.3 Å². The largest absolute Gasteiger partial charge is 0.405 e. The molecule has 0 saturated heterocycles. The van der Waals surface area contributed by atoms with Crippen LogP contribution >= 0.6 is 0 Å². The SMILES string of the molecule is CC#COc1cc([N+](=O)[O-])ccc1NN=C[N+](=O)[O-]. The van der Waals surface area contributed by atoms with Crippen LogP contribution in [0.1, 0.15) is 6.92 Å². The standard InChI is InChI=1S/C10H8N4O5/c1-2-5-19-10-6-8(14(17)18)3-4-9(10)12-11-7-13(15)16/h3-4,6-7,12H,1H3. The van der Waals surface area contributed by atoms with Crippen LogP contribution < -0.4 is 10.2 Å². The molecule has 0 spiro atoms. The van der Waals surface area contributed by atoms with E-state index in [2.05, 4.69) is 22.6 Å². The third-order valence-electron chi connectivity index (χ3n) is 1.78. The highest BCUT2D eigenvalue weighted by atomic mass is 16.6. The van der Waals surface area contributed by atoms with Crippen molar-refractivity contribution >= 4 is 17.7 Å². The lowest BCUT2D eigenvalue weighted by atomic mass is 10.2. The second kappa shape index (κ2) is 6.55. The van der Waals surface area contributed by atoms with E-state index in [9.17, 15) is 20.2 Å². The van der Waals surface area contributed by atoms with Gasteiger partial charge in [-0.1, -0.05) is 5.92 Å². The molecule has 1 aromatic rings. The molecule has 0 bridgehead atoms. The van der Waals surface area contributed by atoms with Crippen LogP contribution in [0.25, 0.3) is 0 Å². The fourth-order valence-corrected chi connectivity index (χ4v) is 1.05. The van der Waals surface area contributed by atoms with Crippen molar-refractivity contribution in [3.8, 4) is 17.8 Å². The molecule has 9 heteroatoms. The summed E-state index contributed by atoms with van der Waals surface area (Å²) in [5.74, 6) is 2.50. The molecule has 98 valence electrons. The molecule has 0 amide bonds. The van der Waals surface area contributed by atoms with Gasteiger partial charge in [-0.3, -0.25) is 10.1 Å². The second-order valence-electron chi connectivity index (χ2n) is 3.03. The summed E-state index contributed by atoms with van der Waals surface area (Å²) in [6.07, 6.45) is 2.71. The zero-order chi connectivity index (χ0) is 14.3. The monoisotopic (exact) mass is 264 g/mol. The minimum Gasteiger partial charge on any atom is -0.405 e. The zero-order valence-electron chi connectivity index (χ0n) is 9.69. The molecular weight excluding hydrogens is 256 g/mol. The second-order valence-corrected chi connectivity index (χ2v) is 3.03. The Morgan fingerprint density at radius 1 is 1.42 bits per heavy atom. The Hall–Kier alpha value is -3.15. The Kier molecular flexibility index (Phi) is 4.80. The summed E-state index contributed by atoms with van der Waals surface area (Å²) in [6, 6.07) is 3.65. The number of rotatable bonds is 5. The van der Waals surface area contributed by atoms with Crippen molar-refractivity contribution in [2.24, 2.45) is 5.10 Å². The Morgan fingerprint density at radius 2 is 2.16 bits per heavy atom. The lowest BCUT2D eigenvalue weighted by Gasteiger charge is -2.02. The minimum absolute atomic E-state index is 0.0454. The maximum atomic E-state index is 10.6. The molecule has 19 heavy (non-hydrogen) atoms. The van der Waals surface area contributed by atoms with Crippen molar-refractivity contribution in [1.82, 2.24) is 0 Å². The molecule has 0 saturated carbocycles. The lowest BCUT2D eigenvalue weighted by Crippen LogP contribution is -1.99. The number of nitrogens with zero attached hydrogens (tertiary/aromatic N) is 3. The van der Waals surface area contributed by atoms with Gasteiger partial charge in [0.2, 0.25) is 0 Å². The predicted octanol–water partition coefficient (Wildman–Crippen LogP) is 1.59. The van der Waals surface area contributed by atoms with Gasteiger partial charge in [0.1, 0.15) is 11.8 Å². The van der Waals surface area contributed by atoms with Gasteiger partial charge in [0.25, 0.3) is 5.69 Å². The molecule has 0 aliphatic carbocycles. The molecule has 0 atom stereocenters. The van der Waals surface area contributed by atoms with E-state index in [1.54, 1.807) is 0 Å². The average Bonchev–Trinajstić information content (AvgIpc) is 2.36. The van der Waals surface area contributed by atoms with Crippen molar-refractivity contribution < 1.29 is 14.6 Å². The maximum Gasteiger partial charge on any atom is 0.352 e. The minimum atomic E-state index is -0.759. The topological polar surface area (TPSA) is 120 Å². The van der Waals surface area contributed by atoms with Gasteiger partial charge in [0, 0.05) is 18.1 Å². The van der Waals surface area contributed by atoms with Gasteiger partial charge in [-0.15, -0.1) is 0 Å². The Balaban J connectivity index is 3.03. The first-order valence-corrected chi connectivity index (χ1v) is 4.84. The predicted molar refractivity (Wildman–Crippen MR) is 66.3 cm³/mol. The molecule has 1 rings (SSSR count). The van der Waals surface area contributed by atoms with Crippen LogP contribution in [-0.4, -0.2) is 16.2 Å². The molecule has 0 heterocycles. The van der Waals surface area contributed by atoms with E-state index in [1.165, 1.54) is 19.1 Å². The molecule has 0 radical (unpaired) electrons. The van der Waals surface area contributed by atoms with Crippen LogP contribution in [0.3, 0.4) is 0 Å². The number of hydrogen-bond acceptors (Lipinski definition) is 7. The number of nitro benzene ring substituents is 1. The first-order valence-electron chi connectivity index (χ1n) is 4.84. The zero-order valence-corrected chi connectivity index (χ0v) is 9.69. The first kappa shape index (κ1) is 13.9. The number of hydrazone groups is 1. The Labute approximate surface area is 107 Å². The fourth-order valence-electron chi connectivity index (χ4n) is 1.05. The summed E-state index contributed by atoms with van der Waals surface area (Å²) in [4.78, 5) is 19.3. The van der Waals surface area contributed by atoms with Gasteiger partial charge in [-0.05, 0) is 11.0 Å². The normalized spacial score (nSPS) is 9.53. The van der Waals surface area contributed by atoms with E-state index >= 15 is 0 Å². The van der Waals surface area contributed by atoms with Crippen molar-refractivity contribution in [2.45, 2.75) is 6.92 Å². The van der Waals surface area contributed by atoms with E-state index in [0.717, 1.165) is 6.07 Å². The van der Waals surface area contributed by atoms with Gasteiger partial charge >= 0.3 is 6.34 Å². The molecule has 9 nitrogen and oxygen atoms in total. The molecule has 0 unspecified atom stereocenters. The number of ether oxygens (including phenoxy) is 1. The van der Waals surface area contributed by atoms with E-state index in [-0.39, 0.29) is 17.1 Å². The summed E-state index contributed by atoms with van der Waals surface area (Å²) in [7, 11) is 0. The van der Waals surface area contributed by atoms with Crippen molar-refractivity contribution in [3.05, 3.63) is 38.4 Å². The third kappa shape index (κ3) is 4.31. The molecule has 0 aliphatic heterocycles. The Bertz CT molecular complexity index is 587. The van der Waals surface area contributed by atoms with Gasteiger partial charge in [0.05, 0.1) is 11.0 Å². The summed E-state index contributed by atoms with van der Waals surface area (Å²) in [5, 5.41) is 24.0. The highest BCUT2D eigenvalue weighted by molar-refractivity contribution is 5.62. The first-order chi connectivity index (χ1) is 9.04. The molecule has 0 aliphatic rings. The number of anilines is 1. The highest BCUT2D eigenvalue weighted by Crippen LogP contribution is 2.29. The van der Waals surface area contributed by atoms with E-state index < -0.39 is 9.85 Å². The molecule has 0 fully saturated rings. The average molecular weight is 264 g/mol. The summed E-state index contributed by atoms with van der Waals surface area (Å²) in [6.45, 7) is 1.52. The number of hydrogen-bond donors (Lipinski definition) is 1. The van der Waals surface area contributed by atoms with Crippen LogP contribution in [0.5, 0.6) is 5.75 Å². The molecule has 0 aromatic heterocycles. The summed E-state index contributed by atoms with van der Waals surface area (Å²) < 4.78 is 4.96. The van der Waals surface area contributed by atoms with Crippen LogP contribution in [0.2, 0.25) is 0 Å². The van der Waals surface area contributed by atoms with Crippen LogP contribution in [-0.2, 0) is 0 Å². The van der Waals surface area contributed by atoms with E-state index in [1.807, 2.05) is 0 Å². The number of nitrogens with one attached hydrogen (secondary N) is 1. The highest BCUT2D eigenvalue weighted by Gasteiger charge is 2.12. The molecule has 1 N–H and O–H groups in total. The van der Waals surface area contributed by atoms with Crippen molar-refractivity contribution in [1.29, 1.82) is 0 Å². The van der Waals surface area contributed by atoms with Gasteiger partial charge in [-0.2, -0.15) is 5.43 Å². The summed E-state index contributed by atoms with van der Waals surface area (Å²) >= 11 is 0. The number of nitro groups is 2. The fraction of sp³-hybridized carbons (Fsp3) is 0.100. The van der Waals surface area contributed by atoms with Gasteiger partial charge < -0.3 is 14.9 Å². The summed E-state index contributed by atoms with van der Waals surface area (Å²) in [5.41, 5.74) is 2.35. The number of non-ortho nitro benzene ring substituents is 1.